The molecule has 2 nitrogen and oxygen atoms in total. The van der Waals surface area contributed by atoms with Crippen LogP contribution in [-0.4, -0.2) is 18.8 Å². The van der Waals surface area contributed by atoms with Crippen LogP contribution in [0.3, 0.4) is 0 Å². The molecule has 0 bridgehead atoms. The summed E-state index contributed by atoms with van der Waals surface area (Å²) in [6, 6.07) is 0.380. The molecule has 4 unspecified atom stereocenters. The third kappa shape index (κ3) is 3.46. The summed E-state index contributed by atoms with van der Waals surface area (Å²) in [6.45, 7) is 3.33. The quantitative estimate of drug-likeness (QED) is 0.801. The lowest BCUT2D eigenvalue weighted by atomic mass is 9.77. The van der Waals surface area contributed by atoms with Crippen LogP contribution in [0.1, 0.15) is 58.3 Å². The third-order valence-corrected chi connectivity index (χ3v) is 4.39. The summed E-state index contributed by atoms with van der Waals surface area (Å²) in [7, 11) is 0. The van der Waals surface area contributed by atoms with Crippen LogP contribution in [0.4, 0.5) is 0 Å². The molecule has 1 heterocycles. The molecule has 2 aliphatic rings. The molecule has 1 saturated heterocycles. The zero-order valence-electron chi connectivity index (χ0n) is 10.7. The molecule has 94 valence electrons. The summed E-state index contributed by atoms with van der Waals surface area (Å²) in [5.41, 5.74) is 6.36. The molecule has 0 aromatic carbocycles. The van der Waals surface area contributed by atoms with Crippen LogP contribution in [0.5, 0.6) is 0 Å². The Balaban J connectivity index is 1.75. The van der Waals surface area contributed by atoms with Gasteiger partial charge in [-0.25, -0.2) is 0 Å². The van der Waals surface area contributed by atoms with Gasteiger partial charge in [0, 0.05) is 12.6 Å². The minimum atomic E-state index is 0.380. The number of hydrogen-bond donors (Lipinski definition) is 1. The van der Waals surface area contributed by atoms with Gasteiger partial charge in [-0.3, -0.25) is 0 Å². The van der Waals surface area contributed by atoms with Crippen LogP contribution in [0.25, 0.3) is 0 Å². The van der Waals surface area contributed by atoms with Gasteiger partial charge in [-0.1, -0.05) is 19.8 Å². The number of hydrogen-bond acceptors (Lipinski definition) is 2. The summed E-state index contributed by atoms with van der Waals surface area (Å²) in [5, 5.41) is 0. The highest BCUT2D eigenvalue weighted by molar-refractivity contribution is 4.82. The average Bonchev–Trinajstić information content (AvgIpc) is 2.30. The predicted octanol–water partition coefficient (Wildman–Crippen LogP) is 3.10. The first-order valence-corrected chi connectivity index (χ1v) is 7.13. The van der Waals surface area contributed by atoms with Crippen molar-refractivity contribution in [2.75, 3.05) is 6.61 Å². The van der Waals surface area contributed by atoms with Crippen LogP contribution >= 0.6 is 0 Å². The maximum atomic E-state index is 6.36. The Morgan fingerprint density at radius 3 is 2.75 bits per heavy atom. The molecular weight excluding hydrogens is 198 g/mol. The van der Waals surface area contributed by atoms with Crippen molar-refractivity contribution in [1.29, 1.82) is 0 Å². The molecule has 4 atom stereocenters. The molecule has 0 radical (unpaired) electrons. The normalized spacial score (nSPS) is 38.2. The lowest BCUT2D eigenvalue weighted by Gasteiger charge is -2.34. The van der Waals surface area contributed by atoms with Gasteiger partial charge in [-0.2, -0.15) is 0 Å². The molecule has 0 amide bonds. The highest BCUT2D eigenvalue weighted by atomic mass is 16.5. The molecule has 0 aromatic heterocycles. The monoisotopic (exact) mass is 225 g/mol. The van der Waals surface area contributed by atoms with Gasteiger partial charge in [-0.05, 0) is 50.4 Å². The Hall–Kier alpha value is -0.0800. The lowest BCUT2D eigenvalue weighted by Crippen LogP contribution is -2.37. The van der Waals surface area contributed by atoms with E-state index in [1.807, 2.05) is 0 Å². The first-order valence-electron chi connectivity index (χ1n) is 7.13. The van der Waals surface area contributed by atoms with E-state index in [1.165, 1.54) is 44.9 Å². The largest absolute Gasteiger partial charge is 0.378 e. The predicted molar refractivity (Wildman–Crippen MR) is 67.3 cm³/mol. The van der Waals surface area contributed by atoms with Gasteiger partial charge in [0.25, 0.3) is 0 Å². The molecule has 2 N–H and O–H groups in total. The van der Waals surface area contributed by atoms with Crippen molar-refractivity contribution in [3.05, 3.63) is 0 Å². The van der Waals surface area contributed by atoms with Gasteiger partial charge in [0.1, 0.15) is 0 Å². The fraction of sp³-hybridized carbons (Fsp3) is 1.00. The van der Waals surface area contributed by atoms with E-state index in [0.717, 1.165) is 24.9 Å². The van der Waals surface area contributed by atoms with E-state index in [4.69, 9.17) is 10.5 Å². The summed E-state index contributed by atoms with van der Waals surface area (Å²) in [4.78, 5) is 0. The van der Waals surface area contributed by atoms with Crippen molar-refractivity contribution >= 4 is 0 Å². The molecule has 1 aliphatic heterocycles. The van der Waals surface area contributed by atoms with Crippen LogP contribution in [0.2, 0.25) is 0 Å². The van der Waals surface area contributed by atoms with E-state index in [1.54, 1.807) is 0 Å². The topological polar surface area (TPSA) is 35.2 Å². The molecule has 1 saturated carbocycles. The van der Waals surface area contributed by atoms with Crippen molar-refractivity contribution in [1.82, 2.24) is 0 Å². The molecule has 16 heavy (non-hydrogen) atoms. The maximum absolute atomic E-state index is 6.36. The van der Waals surface area contributed by atoms with Gasteiger partial charge in [0.2, 0.25) is 0 Å². The summed E-state index contributed by atoms with van der Waals surface area (Å²) in [6.07, 6.45) is 10.8. The van der Waals surface area contributed by atoms with Gasteiger partial charge in [0.05, 0.1) is 6.10 Å². The van der Waals surface area contributed by atoms with Gasteiger partial charge in [0.15, 0.2) is 0 Å². The second-order valence-corrected chi connectivity index (χ2v) is 5.92. The Kier molecular flexibility index (Phi) is 4.66. The fourth-order valence-corrected chi connectivity index (χ4v) is 3.36. The molecule has 2 rings (SSSR count). The minimum Gasteiger partial charge on any atom is -0.378 e. The molecule has 1 aliphatic carbocycles. The Bertz CT molecular complexity index is 201. The van der Waals surface area contributed by atoms with Crippen molar-refractivity contribution in [2.45, 2.75) is 70.4 Å². The van der Waals surface area contributed by atoms with Crippen molar-refractivity contribution in [3.63, 3.8) is 0 Å². The Morgan fingerprint density at radius 2 is 2.06 bits per heavy atom. The first-order chi connectivity index (χ1) is 7.75. The SMILES string of the molecule is CC1CCCC(C(N)CC2CCCCO2)C1. The van der Waals surface area contributed by atoms with Crippen molar-refractivity contribution in [2.24, 2.45) is 17.6 Å². The van der Waals surface area contributed by atoms with E-state index in [0.29, 0.717) is 12.1 Å². The van der Waals surface area contributed by atoms with Crippen molar-refractivity contribution in [3.8, 4) is 0 Å². The summed E-state index contributed by atoms with van der Waals surface area (Å²) in [5.74, 6) is 1.64. The van der Waals surface area contributed by atoms with E-state index in [9.17, 15) is 0 Å². The van der Waals surface area contributed by atoms with Crippen LogP contribution in [-0.2, 0) is 4.74 Å². The average molecular weight is 225 g/mol. The number of ether oxygens (including phenoxy) is 1. The molecular formula is C14H27NO. The summed E-state index contributed by atoms with van der Waals surface area (Å²) < 4.78 is 5.79. The fourth-order valence-electron chi connectivity index (χ4n) is 3.36. The van der Waals surface area contributed by atoms with E-state index in [2.05, 4.69) is 6.92 Å². The molecule has 0 aromatic rings. The number of nitrogens with two attached hydrogens (primary N) is 1. The van der Waals surface area contributed by atoms with Crippen LogP contribution in [0, 0.1) is 11.8 Å². The minimum absolute atomic E-state index is 0.380. The smallest absolute Gasteiger partial charge is 0.0590 e. The second kappa shape index (κ2) is 6.02. The van der Waals surface area contributed by atoms with Gasteiger partial charge in [-0.15, -0.1) is 0 Å². The van der Waals surface area contributed by atoms with Gasteiger partial charge >= 0.3 is 0 Å². The standard InChI is InChI=1S/C14H27NO/c1-11-5-4-6-12(9-11)14(15)10-13-7-2-3-8-16-13/h11-14H,2-10,15H2,1H3. The van der Waals surface area contributed by atoms with Crippen molar-refractivity contribution < 1.29 is 4.74 Å². The highest BCUT2D eigenvalue weighted by Crippen LogP contribution is 2.32. The molecule has 2 fully saturated rings. The van der Waals surface area contributed by atoms with Gasteiger partial charge < -0.3 is 10.5 Å². The van der Waals surface area contributed by atoms with Crippen LogP contribution < -0.4 is 5.73 Å². The van der Waals surface area contributed by atoms with Crippen LogP contribution in [0.15, 0.2) is 0 Å². The zero-order valence-corrected chi connectivity index (χ0v) is 10.7. The third-order valence-electron chi connectivity index (χ3n) is 4.39. The second-order valence-electron chi connectivity index (χ2n) is 5.92. The Morgan fingerprint density at radius 1 is 1.19 bits per heavy atom. The lowest BCUT2D eigenvalue weighted by molar-refractivity contribution is 0.00207. The molecule has 2 heteroatoms. The Labute approximate surface area is 99.9 Å². The van der Waals surface area contributed by atoms with E-state index in [-0.39, 0.29) is 0 Å². The number of rotatable bonds is 3. The highest BCUT2D eigenvalue weighted by Gasteiger charge is 2.27. The summed E-state index contributed by atoms with van der Waals surface area (Å²) >= 11 is 0. The zero-order chi connectivity index (χ0) is 11.4. The first kappa shape index (κ1) is 12.4. The maximum Gasteiger partial charge on any atom is 0.0590 e. The molecule has 0 spiro atoms. The van der Waals surface area contributed by atoms with E-state index < -0.39 is 0 Å². The van der Waals surface area contributed by atoms with E-state index >= 15 is 0 Å².